The predicted octanol–water partition coefficient (Wildman–Crippen LogP) is 4.39. The molecule has 0 amide bonds. The Bertz CT molecular complexity index is 362. The molecule has 0 N–H and O–H groups in total. The van der Waals surface area contributed by atoms with Gasteiger partial charge in [-0.05, 0) is 39.7 Å². The molecule has 0 atom stereocenters. The summed E-state index contributed by atoms with van der Waals surface area (Å²) in [5, 5.41) is 0. The van der Waals surface area contributed by atoms with Crippen molar-refractivity contribution >= 4 is 0 Å². The van der Waals surface area contributed by atoms with Gasteiger partial charge in [0, 0.05) is 5.56 Å². The van der Waals surface area contributed by atoms with Crippen molar-refractivity contribution in [1.29, 1.82) is 0 Å². The van der Waals surface area contributed by atoms with Gasteiger partial charge in [-0.2, -0.15) is 0 Å². The van der Waals surface area contributed by atoms with E-state index in [1.165, 1.54) is 5.56 Å². The summed E-state index contributed by atoms with van der Waals surface area (Å²) in [6.45, 7) is 13.1. The molecule has 0 aliphatic rings. The fourth-order valence-electron chi connectivity index (χ4n) is 1.70. The van der Waals surface area contributed by atoms with E-state index >= 15 is 0 Å². The minimum absolute atomic E-state index is 0.207. The smallest absolute Gasteiger partial charge is 0.164 e. The van der Waals surface area contributed by atoms with E-state index in [1.54, 1.807) is 0 Å². The average Bonchev–Trinajstić information content (AvgIpc) is 2.18. The lowest BCUT2D eigenvalue weighted by molar-refractivity contribution is 0.123. The van der Waals surface area contributed by atoms with Crippen molar-refractivity contribution in [2.75, 3.05) is 6.61 Å². The predicted molar refractivity (Wildman–Crippen MR) is 72.1 cm³/mol. The van der Waals surface area contributed by atoms with E-state index in [-0.39, 0.29) is 5.60 Å². The Morgan fingerprint density at radius 1 is 1.18 bits per heavy atom. The highest BCUT2D eigenvalue weighted by atomic mass is 16.5. The molecule has 0 saturated carbocycles. The number of rotatable bonds is 4. The quantitative estimate of drug-likeness (QED) is 0.772. The van der Waals surface area contributed by atoms with Gasteiger partial charge >= 0.3 is 0 Å². The van der Waals surface area contributed by atoms with Crippen LogP contribution in [0.25, 0.3) is 0 Å². The third kappa shape index (κ3) is 3.95. The van der Waals surface area contributed by atoms with Crippen LogP contribution in [0, 0.1) is 0 Å². The van der Waals surface area contributed by atoms with Crippen LogP contribution in [0.15, 0.2) is 18.2 Å². The molecule has 0 radical (unpaired) electrons. The van der Waals surface area contributed by atoms with Crippen molar-refractivity contribution in [1.82, 2.24) is 0 Å². The standard InChI is InChI=1S/C15H24O2/c1-7-16-14-12(11(2)3)9-8-10-13(14)17-15(4,5)6/h8-11H,7H2,1-6H3. The molecule has 96 valence electrons. The van der Waals surface area contributed by atoms with Gasteiger partial charge in [-0.1, -0.05) is 26.0 Å². The topological polar surface area (TPSA) is 18.5 Å². The Balaban J connectivity index is 3.15. The molecule has 0 bridgehead atoms. The van der Waals surface area contributed by atoms with E-state index in [2.05, 4.69) is 19.9 Å². The summed E-state index contributed by atoms with van der Waals surface area (Å²) < 4.78 is 11.7. The minimum atomic E-state index is -0.207. The molecular weight excluding hydrogens is 212 g/mol. The molecule has 0 aliphatic heterocycles. The summed E-state index contributed by atoms with van der Waals surface area (Å²) in [5.74, 6) is 2.16. The Morgan fingerprint density at radius 3 is 2.29 bits per heavy atom. The third-order valence-corrected chi connectivity index (χ3v) is 2.34. The first-order valence-electron chi connectivity index (χ1n) is 6.30. The second-order valence-corrected chi connectivity index (χ2v) is 5.48. The lowest BCUT2D eigenvalue weighted by Gasteiger charge is -2.25. The van der Waals surface area contributed by atoms with Gasteiger partial charge in [0.25, 0.3) is 0 Å². The lowest BCUT2D eigenvalue weighted by atomic mass is 10.0. The highest BCUT2D eigenvalue weighted by molar-refractivity contribution is 5.48. The maximum atomic E-state index is 5.95. The van der Waals surface area contributed by atoms with Crippen LogP contribution in [0.2, 0.25) is 0 Å². The summed E-state index contributed by atoms with van der Waals surface area (Å²) in [5.41, 5.74) is 0.996. The van der Waals surface area contributed by atoms with Crippen molar-refractivity contribution < 1.29 is 9.47 Å². The summed E-state index contributed by atoms with van der Waals surface area (Å²) >= 11 is 0. The number of para-hydroxylation sites is 1. The Hall–Kier alpha value is -1.18. The van der Waals surface area contributed by atoms with E-state index in [1.807, 2.05) is 39.8 Å². The Kier molecular flexibility index (Phi) is 4.44. The van der Waals surface area contributed by atoms with Crippen molar-refractivity contribution in [3.05, 3.63) is 23.8 Å². The van der Waals surface area contributed by atoms with E-state index in [9.17, 15) is 0 Å². The minimum Gasteiger partial charge on any atom is -0.490 e. The first kappa shape index (κ1) is 13.9. The van der Waals surface area contributed by atoms with Gasteiger partial charge in [-0.3, -0.25) is 0 Å². The molecule has 0 aromatic heterocycles. The van der Waals surface area contributed by atoms with E-state index < -0.39 is 0 Å². The maximum Gasteiger partial charge on any atom is 0.164 e. The zero-order valence-corrected chi connectivity index (χ0v) is 11.8. The van der Waals surface area contributed by atoms with Crippen LogP contribution in [0.3, 0.4) is 0 Å². The van der Waals surface area contributed by atoms with Gasteiger partial charge in [0.05, 0.1) is 6.61 Å². The molecule has 0 saturated heterocycles. The summed E-state index contributed by atoms with van der Waals surface area (Å²) in [7, 11) is 0. The first-order chi connectivity index (χ1) is 7.85. The number of benzene rings is 1. The fourth-order valence-corrected chi connectivity index (χ4v) is 1.70. The highest BCUT2D eigenvalue weighted by Gasteiger charge is 2.18. The molecule has 0 spiro atoms. The van der Waals surface area contributed by atoms with Crippen LogP contribution < -0.4 is 9.47 Å². The van der Waals surface area contributed by atoms with E-state index in [4.69, 9.17) is 9.47 Å². The lowest BCUT2D eigenvalue weighted by Crippen LogP contribution is -2.23. The molecular formula is C15H24O2. The van der Waals surface area contributed by atoms with Gasteiger partial charge in [-0.25, -0.2) is 0 Å². The van der Waals surface area contributed by atoms with Crippen LogP contribution in [-0.4, -0.2) is 12.2 Å². The number of hydrogen-bond acceptors (Lipinski definition) is 2. The summed E-state index contributed by atoms with van der Waals surface area (Å²) in [6, 6.07) is 6.10. The Labute approximate surface area is 105 Å². The summed E-state index contributed by atoms with van der Waals surface area (Å²) in [6.07, 6.45) is 0. The van der Waals surface area contributed by atoms with Crippen molar-refractivity contribution in [2.45, 2.75) is 53.1 Å². The van der Waals surface area contributed by atoms with Crippen molar-refractivity contribution in [2.24, 2.45) is 0 Å². The zero-order chi connectivity index (χ0) is 13.1. The molecule has 0 unspecified atom stereocenters. The van der Waals surface area contributed by atoms with Gasteiger partial charge in [-0.15, -0.1) is 0 Å². The molecule has 1 aromatic carbocycles. The normalized spacial score (nSPS) is 11.7. The monoisotopic (exact) mass is 236 g/mol. The van der Waals surface area contributed by atoms with Gasteiger partial charge in [0.15, 0.2) is 11.5 Å². The highest BCUT2D eigenvalue weighted by Crippen LogP contribution is 2.37. The Morgan fingerprint density at radius 2 is 1.82 bits per heavy atom. The van der Waals surface area contributed by atoms with E-state index in [0.717, 1.165) is 11.5 Å². The molecule has 1 rings (SSSR count). The van der Waals surface area contributed by atoms with Crippen LogP contribution >= 0.6 is 0 Å². The molecule has 0 fully saturated rings. The maximum absolute atomic E-state index is 5.95. The SMILES string of the molecule is CCOc1c(OC(C)(C)C)cccc1C(C)C. The molecule has 1 aromatic rings. The summed E-state index contributed by atoms with van der Waals surface area (Å²) in [4.78, 5) is 0. The molecule has 2 heteroatoms. The van der Waals surface area contributed by atoms with Crippen LogP contribution in [0.5, 0.6) is 11.5 Å². The molecule has 17 heavy (non-hydrogen) atoms. The average molecular weight is 236 g/mol. The van der Waals surface area contributed by atoms with Gasteiger partial charge in [0.2, 0.25) is 0 Å². The molecule has 2 nitrogen and oxygen atoms in total. The second-order valence-electron chi connectivity index (χ2n) is 5.48. The molecule has 0 heterocycles. The first-order valence-corrected chi connectivity index (χ1v) is 6.30. The van der Waals surface area contributed by atoms with Crippen molar-refractivity contribution in [3.63, 3.8) is 0 Å². The number of ether oxygens (including phenoxy) is 2. The van der Waals surface area contributed by atoms with Crippen molar-refractivity contribution in [3.8, 4) is 11.5 Å². The van der Waals surface area contributed by atoms with Gasteiger partial charge < -0.3 is 9.47 Å². The third-order valence-electron chi connectivity index (χ3n) is 2.34. The van der Waals surface area contributed by atoms with Crippen LogP contribution in [0.4, 0.5) is 0 Å². The second kappa shape index (κ2) is 5.44. The molecule has 0 aliphatic carbocycles. The van der Waals surface area contributed by atoms with Crippen LogP contribution in [0.1, 0.15) is 53.0 Å². The number of hydrogen-bond donors (Lipinski definition) is 0. The van der Waals surface area contributed by atoms with Crippen LogP contribution in [-0.2, 0) is 0 Å². The zero-order valence-electron chi connectivity index (χ0n) is 11.8. The van der Waals surface area contributed by atoms with E-state index in [0.29, 0.717) is 12.5 Å². The van der Waals surface area contributed by atoms with Gasteiger partial charge in [0.1, 0.15) is 5.60 Å². The fraction of sp³-hybridized carbons (Fsp3) is 0.600. The largest absolute Gasteiger partial charge is 0.490 e.